The van der Waals surface area contributed by atoms with Gasteiger partial charge in [-0.2, -0.15) is 0 Å². The van der Waals surface area contributed by atoms with E-state index < -0.39 is 0 Å². The summed E-state index contributed by atoms with van der Waals surface area (Å²) in [6.45, 7) is 5.43. The second-order valence-electron chi connectivity index (χ2n) is 4.76. The molecule has 0 spiro atoms. The van der Waals surface area contributed by atoms with Crippen molar-refractivity contribution in [3.05, 3.63) is 47.4 Å². The lowest BCUT2D eigenvalue weighted by atomic mass is 10.1. The molecule has 0 amide bonds. The Morgan fingerprint density at radius 3 is 2.65 bits per heavy atom. The molecule has 1 heterocycles. The average Bonchev–Trinajstić information content (AvgIpc) is 2.84. The fourth-order valence-electron chi connectivity index (χ4n) is 2.30. The first kappa shape index (κ1) is 15.0. The molecule has 0 fully saturated rings. The van der Waals surface area contributed by atoms with Gasteiger partial charge in [-0.1, -0.05) is 13.0 Å². The Kier molecular flexibility index (Phi) is 5.15. The maximum absolute atomic E-state index is 5.95. The first-order chi connectivity index (χ1) is 9.65. The van der Waals surface area contributed by atoms with E-state index in [4.69, 9.17) is 10.2 Å². The van der Waals surface area contributed by atoms with E-state index in [1.165, 1.54) is 16.1 Å². The van der Waals surface area contributed by atoms with Crippen molar-refractivity contribution < 1.29 is 4.42 Å². The Morgan fingerprint density at radius 2 is 2.05 bits per heavy atom. The topological polar surface area (TPSA) is 42.4 Å². The Hall–Kier alpha value is -1.39. The fourth-order valence-corrected chi connectivity index (χ4v) is 3.14. The van der Waals surface area contributed by atoms with Crippen molar-refractivity contribution >= 4 is 17.4 Å². The molecule has 0 saturated heterocycles. The Balaban J connectivity index is 2.24. The van der Waals surface area contributed by atoms with E-state index in [0.717, 1.165) is 23.8 Å². The summed E-state index contributed by atoms with van der Waals surface area (Å²) < 4.78 is 5.65. The molecule has 2 rings (SSSR count). The van der Waals surface area contributed by atoms with Crippen LogP contribution in [0.25, 0.3) is 0 Å². The number of hydrogen-bond acceptors (Lipinski definition) is 4. The molecule has 0 saturated carbocycles. The van der Waals surface area contributed by atoms with Crippen LogP contribution >= 0.6 is 11.8 Å². The predicted molar refractivity (Wildman–Crippen MR) is 86.3 cm³/mol. The summed E-state index contributed by atoms with van der Waals surface area (Å²) in [4.78, 5) is 3.47. The molecular formula is C16H22N2OS. The maximum atomic E-state index is 5.95. The van der Waals surface area contributed by atoms with Crippen LogP contribution in [-0.2, 0) is 13.1 Å². The predicted octanol–water partition coefficient (Wildman–Crippen LogP) is 3.80. The molecule has 0 aliphatic heterocycles. The number of hydrogen-bond donors (Lipinski definition) is 1. The third-order valence-electron chi connectivity index (χ3n) is 3.21. The number of aryl methyl sites for hydroxylation is 1. The maximum Gasteiger partial charge on any atom is 0.123 e. The van der Waals surface area contributed by atoms with Crippen molar-refractivity contribution in [3.63, 3.8) is 0 Å². The number of thioether (sulfide) groups is 1. The van der Waals surface area contributed by atoms with Gasteiger partial charge in [0.25, 0.3) is 0 Å². The normalized spacial score (nSPS) is 10.8. The largest absolute Gasteiger partial charge is 0.464 e. The highest BCUT2D eigenvalue weighted by atomic mass is 32.2. The highest BCUT2D eigenvalue weighted by molar-refractivity contribution is 7.99. The van der Waals surface area contributed by atoms with Crippen LogP contribution in [0.4, 0.5) is 5.69 Å². The summed E-state index contributed by atoms with van der Waals surface area (Å²) in [5.74, 6) is 2.97. The van der Waals surface area contributed by atoms with Crippen molar-refractivity contribution in [2.75, 3.05) is 17.7 Å². The Bertz CT molecular complexity index is 565. The van der Waals surface area contributed by atoms with E-state index >= 15 is 0 Å². The molecular weight excluding hydrogens is 268 g/mol. The van der Waals surface area contributed by atoms with E-state index in [2.05, 4.69) is 37.1 Å². The third-order valence-corrected chi connectivity index (χ3v) is 4.19. The molecule has 1 aromatic carbocycles. The van der Waals surface area contributed by atoms with Gasteiger partial charge in [-0.3, -0.25) is 0 Å². The van der Waals surface area contributed by atoms with Crippen LogP contribution in [0.15, 0.2) is 39.6 Å². The molecule has 3 nitrogen and oxygen atoms in total. The van der Waals surface area contributed by atoms with E-state index in [-0.39, 0.29) is 0 Å². The Morgan fingerprint density at radius 1 is 1.25 bits per heavy atom. The minimum Gasteiger partial charge on any atom is -0.464 e. The fraction of sp³-hybridized carbons (Fsp3) is 0.375. The van der Waals surface area contributed by atoms with Crippen molar-refractivity contribution in [1.82, 2.24) is 0 Å². The molecule has 0 radical (unpaired) electrons. The number of rotatable bonds is 6. The first-order valence-corrected chi connectivity index (χ1v) is 7.85. The highest BCUT2D eigenvalue weighted by Crippen LogP contribution is 2.30. The van der Waals surface area contributed by atoms with Crippen LogP contribution in [0.3, 0.4) is 0 Å². The summed E-state index contributed by atoms with van der Waals surface area (Å²) in [6.07, 6.45) is 0. The van der Waals surface area contributed by atoms with Gasteiger partial charge in [0, 0.05) is 29.7 Å². The zero-order chi connectivity index (χ0) is 14.5. The molecule has 4 heteroatoms. The van der Waals surface area contributed by atoms with Crippen LogP contribution in [0.1, 0.15) is 24.0 Å². The van der Waals surface area contributed by atoms with Gasteiger partial charge < -0.3 is 15.1 Å². The van der Waals surface area contributed by atoms with Crippen molar-refractivity contribution in [2.24, 2.45) is 5.73 Å². The van der Waals surface area contributed by atoms with Crippen molar-refractivity contribution in [2.45, 2.75) is 31.8 Å². The molecule has 2 aromatic rings. The van der Waals surface area contributed by atoms with Crippen molar-refractivity contribution in [1.29, 1.82) is 0 Å². The molecule has 0 bridgehead atoms. The second kappa shape index (κ2) is 6.86. The molecule has 2 N–H and O–H groups in total. The molecule has 0 atom stereocenters. The van der Waals surface area contributed by atoms with Crippen LogP contribution < -0.4 is 10.6 Å². The minimum atomic E-state index is 0.556. The third kappa shape index (κ3) is 3.38. The summed E-state index contributed by atoms with van der Waals surface area (Å²) >= 11 is 1.84. The van der Waals surface area contributed by atoms with E-state index in [9.17, 15) is 0 Å². The molecule has 20 heavy (non-hydrogen) atoms. The van der Waals surface area contributed by atoms with Gasteiger partial charge in [-0.15, -0.1) is 11.8 Å². The number of nitrogens with two attached hydrogens (primary N) is 1. The van der Waals surface area contributed by atoms with Crippen LogP contribution in [-0.4, -0.2) is 12.8 Å². The zero-order valence-corrected chi connectivity index (χ0v) is 13.2. The molecule has 0 unspecified atom stereocenters. The van der Waals surface area contributed by atoms with E-state index in [0.29, 0.717) is 6.54 Å². The summed E-state index contributed by atoms with van der Waals surface area (Å²) in [6, 6.07) is 10.4. The zero-order valence-electron chi connectivity index (χ0n) is 12.3. The Labute approximate surface area is 125 Å². The number of benzene rings is 1. The average molecular weight is 290 g/mol. The lowest BCUT2D eigenvalue weighted by molar-refractivity contribution is 0.481. The lowest BCUT2D eigenvalue weighted by Gasteiger charge is -2.22. The molecule has 108 valence electrons. The summed E-state index contributed by atoms with van der Waals surface area (Å²) in [5.41, 5.74) is 8.35. The summed E-state index contributed by atoms with van der Waals surface area (Å²) in [5, 5.41) is 0. The van der Waals surface area contributed by atoms with Gasteiger partial charge in [0.2, 0.25) is 0 Å². The molecule has 0 aliphatic carbocycles. The highest BCUT2D eigenvalue weighted by Gasteiger charge is 2.12. The van der Waals surface area contributed by atoms with Crippen LogP contribution in [0.5, 0.6) is 0 Å². The number of furan rings is 1. The minimum absolute atomic E-state index is 0.556. The quantitative estimate of drug-likeness (QED) is 0.822. The second-order valence-corrected chi connectivity index (χ2v) is 6.07. The van der Waals surface area contributed by atoms with Gasteiger partial charge in [-0.05, 0) is 36.9 Å². The summed E-state index contributed by atoms with van der Waals surface area (Å²) in [7, 11) is 2.08. The smallest absolute Gasteiger partial charge is 0.123 e. The first-order valence-electron chi connectivity index (χ1n) is 6.87. The van der Waals surface area contributed by atoms with Gasteiger partial charge >= 0.3 is 0 Å². The van der Waals surface area contributed by atoms with Crippen LogP contribution in [0.2, 0.25) is 0 Å². The standard InChI is InChI=1S/C16H22N2OS/c1-4-20-16-7-5-6-15(14(16)10-17)18(3)11-13-9-8-12(2)19-13/h5-9H,4,10-11,17H2,1-3H3. The monoisotopic (exact) mass is 290 g/mol. The lowest BCUT2D eigenvalue weighted by Crippen LogP contribution is -2.19. The van der Waals surface area contributed by atoms with E-state index in [1.807, 2.05) is 30.8 Å². The van der Waals surface area contributed by atoms with Gasteiger partial charge in [0.15, 0.2) is 0 Å². The van der Waals surface area contributed by atoms with Crippen LogP contribution in [0, 0.1) is 6.92 Å². The van der Waals surface area contributed by atoms with Gasteiger partial charge in [0.05, 0.1) is 6.54 Å². The van der Waals surface area contributed by atoms with Gasteiger partial charge in [0.1, 0.15) is 11.5 Å². The molecule has 1 aromatic heterocycles. The SMILES string of the molecule is CCSc1cccc(N(C)Cc2ccc(C)o2)c1CN. The molecule has 0 aliphatic rings. The number of nitrogens with zero attached hydrogens (tertiary/aromatic N) is 1. The van der Waals surface area contributed by atoms with Crippen molar-refractivity contribution in [3.8, 4) is 0 Å². The van der Waals surface area contributed by atoms with E-state index in [1.54, 1.807) is 0 Å². The van der Waals surface area contributed by atoms with Gasteiger partial charge in [-0.25, -0.2) is 0 Å². The number of anilines is 1.